The maximum absolute atomic E-state index is 13.9. The summed E-state index contributed by atoms with van der Waals surface area (Å²) in [7, 11) is 0. The number of likely N-dealkylation sites (tertiary alicyclic amines) is 1. The molecular weight excluding hydrogens is 567 g/mol. The van der Waals surface area contributed by atoms with Crippen molar-refractivity contribution in [3.8, 4) is 5.75 Å². The van der Waals surface area contributed by atoms with Crippen LogP contribution in [0.2, 0.25) is 0 Å². The van der Waals surface area contributed by atoms with Crippen LogP contribution >= 0.6 is 11.3 Å². The summed E-state index contributed by atoms with van der Waals surface area (Å²) in [5.74, 6) is -0.271. The Morgan fingerprint density at radius 3 is 2.42 bits per heavy atom. The number of ether oxygens (including phenoxy) is 1. The fraction of sp³-hybridized carbons (Fsp3) is 0.212. The van der Waals surface area contributed by atoms with Crippen molar-refractivity contribution in [1.29, 1.82) is 0 Å². The van der Waals surface area contributed by atoms with E-state index in [9.17, 15) is 18.8 Å². The summed E-state index contributed by atoms with van der Waals surface area (Å²) in [5.41, 5.74) is 2.43. The van der Waals surface area contributed by atoms with Gasteiger partial charge in [-0.3, -0.25) is 19.0 Å². The summed E-state index contributed by atoms with van der Waals surface area (Å²) in [4.78, 5) is 46.6. The minimum Gasteiger partial charge on any atom is -0.484 e. The van der Waals surface area contributed by atoms with E-state index in [-0.39, 0.29) is 18.1 Å². The molecule has 1 N–H and O–H groups in total. The van der Waals surface area contributed by atoms with Crippen LogP contribution in [0.15, 0.2) is 99.9 Å². The third-order valence-electron chi connectivity index (χ3n) is 7.48. The van der Waals surface area contributed by atoms with E-state index in [4.69, 9.17) is 4.74 Å². The molecule has 1 fully saturated rings. The molecule has 3 aromatic carbocycles. The van der Waals surface area contributed by atoms with Gasteiger partial charge in [-0.25, -0.2) is 9.38 Å². The molecule has 0 spiro atoms. The van der Waals surface area contributed by atoms with Gasteiger partial charge in [-0.15, -0.1) is 0 Å². The predicted molar refractivity (Wildman–Crippen MR) is 163 cm³/mol. The van der Waals surface area contributed by atoms with Crippen LogP contribution in [0.1, 0.15) is 36.9 Å². The second-order valence-electron chi connectivity index (χ2n) is 10.4. The number of fused-ring (bicyclic) bond motifs is 1. The number of allylic oxidation sites excluding steroid dienone is 1. The molecule has 4 aromatic rings. The summed E-state index contributed by atoms with van der Waals surface area (Å²) >= 11 is 1.22. The SMILES string of the molecule is CC1=C(C(=O)Nc2ccccc2)[C@@H](c2ccc(F)cc2)n2c(s/c(=C/c3ccc(OCC(=O)N4CCCC4)cc3)c2=O)=N1. The van der Waals surface area contributed by atoms with Gasteiger partial charge in [0.15, 0.2) is 11.4 Å². The van der Waals surface area contributed by atoms with Gasteiger partial charge >= 0.3 is 0 Å². The number of hydrogen-bond donors (Lipinski definition) is 1. The van der Waals surface area contributed by atoms with Gasteiger partial charge in [-0.2, -0.15) is 0 Å². The van der Waals surface area contributed by atoms with E-state index in [1.54, 1.807) is 49.4 Å². The number of halogens is 1. The van der Waals surface area contributed by atoms with E-state index in [1.807, 2.05) is 35.2 Å². The first-order valence-electron chi connectivity index (χ1n) is 14.0. The molecule has 0 radical (unpaired) electrons. The highest BCUT2D eigenvalue weighted by atomic mass is 32.1. The Bertz CT molecular complexity index is 1870. The number of aromatic nitrogens is 1. The largest absolute Gasteiger partial charge is 0.484 e. The number of rotatable bonds is 7. The van der Waals surface area contributed by atoms with Crippen LogP contribution in [-0.4, -0.2) is 41.0 Å². The Hall–Kier alpha value is -4.83. The van der Waals surface area contributed by atoms with E-state index in [0.717, 1.165) is 31.5 Å². The quantitative estimate of drug-likeness (QED) is 0.349. The minimum absolute atomic E-state index is 0.0130. The summed E-state index contributed by atoms with van der Waals surface area (Å²) in [6.45, 7) is 3.28. The van der Waals surface area contributed by atoms with E-state index >= 15 is 0 Å². The van der Waals surface area contributed by atoms with Gasteiger partial charge < -0.3 is 15.0 Å². The van der Waals surface area contributed by atoms with Gasteiger partial charge in [0.05, 0.1) is 21.8 Å². The highest BCUT2D eigenvalue weighted by Gasteiger charge is 2.32. The molecule has 2 aliphatic heterocycles. The van der Waals surface area contributed by atoms with E-state index in [0.29, 0.717) is 37.6 Å². The molecule has 0 unspecified atom stereocenters. The average Bonchev–Trinajstić information content (AvgIpc) is 3.65. The smallest absolute Gasteiger partial charge is 0.271 e. The van der Waals surface area contributed by atoms with Crippen molar-refractivity contribution >= 4 is 34.9 Å². The normalized spacial score (nSPS) is 16.6. The van der Waals surface area contributed by atoms with Crippen LogP contribution in [0.5, 0.6) is 5.75 Å². The van der Waals surface area contributed by atoms with Crippen molar-refractivity contribution in [2.24, 2.45) is 4.99 Å². The number of hydrogen-bond acceptors (Lipinski definition) is 6. The zero-order valence-corrected chi connectivity index (χ0v) is 24.3. The molecule has 8 nitrogen and oxygen atoms in total. The van der Waals surface area contributed by atoms with Crippen molar-refractivity contribution in [1.82, 2.24) is 9.47 Å². The lowest BCUT2D eigenvalue weighted by Crippen LogP contribution is -2.40. The van der Waals surface area contributed by atoms with E-state index < -0.39 is 17.8 Å². The lowest BCUT2D eigenvalue weighted by Gasteiger charge is -2.25. The first-order chi connectivity index (χ1) is 20.9. The number of anilines is 1. The number of nitrogens with zero attached hydrogens (tertiary/aromatic N) is 3. The number of amides is 2. The highest BCUT2D eigenvalue weighted by Crippen LogP contribution is 2.31. The highest BCUT2D eigenvalue weighted by molar-refractivity contribution is 7.07. The Balaban J connectivity index is 1.31. The molecule has 0 bridgehead atoms. The fourth-order valence-electron chi connectivity index (χ4n) is 5.31. The molecule has 1 saturated heterocycles. The number of thiazole rings is 1. The lowest BCUT2D eigenvalue weighted by atomic mass is 9.95. The molecule has 0 saturated carbocycles. The van der Waals surface area contributed by atoms with Gasteiger partial charge in [0.2, 0.25) is 0 Å². The van der Waals surface area contributed by atoms with Gasteiger partial charge in [0.25, 0.3) is 17.4 Å². The maximum atomic E-state index is 13.9. The van der Waals surface area contributed by atoms with Gasteiger partial charge in [0.1, 0.15) is 11.6 Å². The average molecular weight is 597 g/mol. The number of carbonyl (C=O) groups excluding carboxylic acids is 2. The molecule has 2 amide bonds. The molecular formula is C33H29FN4O4S. The Labute approximate surface area is 251 Å². The van der Waals surface area contributed by atoms with Gasteiger partial charge in [0, 0.05) is 18.8 Å². The monoisotopic (exact) mass is 596 g/mol. The van der Waals surface area contributed by atoms with Crippen molar-refractivity contribution in [3.05, 3.63) is 127 Å². The first-order valence-corrected chi connectivity index (χ1v) is 14.8. The topological polar surface area (TPSA) is 93.0 Å². The standard InChI is InChI=1S/C33H29FN4O4S/c1-21-29(31(40)36-25-7-3-2-4-8-25)30(23-11-13-24(34)14-12-23)38-32(41)27(43-33(38)35-21)19-22-9-15-26(16-10-22)42-20-28(39)37-17-5-6-18-37/h2-4,7-16,19,30H,5-6,17-18,20H2,1H3,(H,36,40)/b27-19+/t30-/m1/s1. The molecule has 218 valence electrons. The number of carbonyl (C=O) groups is 2. The summed E-state index contributed by atoms with van der Waals surface area (Å²) in [6, 6.07) is 21.2. The Morgan fingerprint density at radius 2 is 1.72 bits per heavy atom. The predicted octanol–water partition coefficient (Wildman–Crippen LogP) is 4.01. The zero-order chi connectivity index (χ0) is 29.9. The summed E-state index contributed by atoms with van der Waals surface area (Å²) in [5, 5.41) is 2.90. The molecule has 6 rings (SSSR count). The summed E-state index contributed by atoms with van der Waals surface area (Å²) in [6.07, 6.45) is 3.81. The van der Waals surface area contributed by atoms with Gasteiger partial charge in [-0.1, -0.05) is 53.8 Å². The zero-order valence-electron chi connectivity index (χ0n) is 23.5. The maximum Gasteiger partial charge on any atom is 0.271 e. The third kappa shape index (κ3) is 6.05. The van der Waals surface area contributed by atoms with Crippen LogP contribution in [0, 0.1) is 5.82 Å². The van der Waals surface area contributed by atoms with Crippen molar-refractivity contribution in [3.63, 3.8) is 0 Å². The van der Waals surface area contributed by atoms with Crippen LogP contribution in [-0.2, 0) is 9.59 Å². The molecule has 10 heteroatoms. The molecule has 0 aliphatic carbocycles. The lowest BCUT2D eigenvalue weighted by molar-refractivity contribution is -0.132. The van der Waals surface area contributed by atoms with Crippen LogP contribution in [0.25, 0.3) is 6.08 Å². The van der Waals surface area contributed by atoms with E-state index in [2.05, 4.69) is 10.3 Å². The molecule has 3 heterocycles. The Kier molecular flexibility index (Phi) is 8.02. The molecule has 43 heavy (non-hydrogen) atoms. The second kappa shape index (κ2) is 12.2. The molecule has 2 aliphatic rings. The van der Waals surface area contributed by atoms with Crippen LogP contribution in [0.4, 0.5) is 10.1 Å². The summed E-state index contributed by atoms with van der Waals surface area (Å²) < 4.78 is 21.5. The van der Waals surface area contributed by atoms with E-state index in [1.165, 1.54) is 28.0 Å². The third-order valence-corrected chi connectivity index (χ3v) is 8.47. The van der Waals surface area contributed by atoms with Crippen LogP contribution in [0.3, 0.4) is 0 Å². The number of nitrogens with one attached hydrogen (secondary N) is 1. The Morgan fingerprint density at radius 1 is 1.02 bits per heavy atom. The number of benzene rings is 3. The minimum atomic E-state index is -0.799. The van der Waals surface area contributed by atoms with Crippen molar-refractivity contribution in [2.75, 3.05) is 25.0 Å². The van der Waals surface area contributed by atoms with Crippen molar-refractivity contribution in [2.45, 2.75) is 25.8 Å². The molecule has 1 atom stereocenters. The fourth-order valence-corrected chi connectivity index (χ4v) is 6.35. The number of para-hydroxylation sites is 1. The van der Waals surface area contributed by atoms with Crippen molar-refractivity contribution < 1.29 is 18.7 Å². The van der Waals surface area contributed by atoms with Gasteiger partial charge in [-0.05, 0) is 73.4 Å². The first kappa shape index (κ1) is 28.3. The van der Waals surface area contributed by atoms with Crippen LogP contribution < -0.4 is 24.9 Å². The second-order valence-corrected chi connectivity index (χ2v) is 11.4. The molecule has 1 aromatic heterocycles.